The molecule has 3 nitrogen and oxygen atoms in total. The standard InChI is InChI=1S/C21H25NO2SSi/c1-4-17-22(25(23,24)20-13-7-5-8-14-20)18-11-12-19-26(2,3)21-15-9-6-10-16-21/h1,5-16H,17-19H2,2-3H3/b12-11+. The largest absolute Gasteiger partial charge is 0.244 e. The smallest absolute Gasteiger partial charge is 0.207 e. The molecule has 0 heterocycles. The number of hydrogen-bond donors (Lipinski definition) is 0. The molecule has 26 heavy (non-hydrogen) atoms. The minimum atomic E-state index is -3.58. The van der Waals surface area contributed by atoms with Crippen molar-refractivity contribution in [1.82, 2.24) is 4.31 Å². The molecule has 2 rings (SSSR count). The Hall–Kier alpha value is -2.13. The summed E-state index contributed by atoms with van der Waals surface area (Å²) in [6.45, 7) is 4.96. The number of benzene rings is 2. The molecule has 0 aliphatic rings. The number of nitrogens with zero attached hydrogens (tertiary/aromatic N) is 1. The summed E-state index contributed by atoms with van der Waals surface area (Å²) in [6.07, 6.45) is 9.38. The maximum atomic E-state index is 12.7. The number of allylic oxidation sites excluding steroid dienone is 1. The topological polar surface area (TPSA) is 37.4 Å². The van der Waals surface area contributed by atoms with Crippen LogP contribution >= 0.6 is 0 Å². The Morgan fingerprint density at radius 3 is 2.15 bits per heavy atom. The quantitative estimate of drug-likeness (QED) is 0.398. The summed E-state index contributed by atoms with van der Waals surface area (Å²) in [5, 5.41) is 1.39. The van der Waals surface area contributed by atoms with Crippen molar-refractivity contribution < 1.29 is 8.42 Å². The summed E-state index contributed by atoms with van der Waals surface area (Å²) in [6, 6.07) is 19.8. The van der Waals surface area contributed by atoms with Crippen molar-refractivity contribution in [2.75, 3.05) is 13.1 Å². The average Bonchev–Trinajstić information content (AvgIpc) is 2.65. The Labute approximate surface area is 158 Å². The Morgan fingerprint density at radius 2 is 1.58 bits per heavy atom. The van der Waals surface area contributed by atoms with Crippen LogP contribution in [0.25, 0.3) is 0 Å². The van der Waals surface area contributed by atoms with Crippen LogP contribution in [-0.4, -0.2) is 33.9 Å². The predicted molar refractivity (Wildman–Crippen MR) is 112 cm³/mol. The molecule has 0 aromatic heterocycles. The van der Waals surface area contributed by atoms with Gasteiger partial charge in [0, 0.05) is 6.54 Å². The van der Waals surface area contributed by atoms with Crippen molar-refractivity contribution in [2.24, 2.45) is 0 Å². The Morgan fingerprint density at radius 1 is 1.00 bits per heavy atom. The van der Waals surface area contributed by atoms with Crippen LogP contribution in [0.15, 0.2) is 77.7 Å². The lowest BCUT2D eigenvalue weighted by molar-refractivity contribution is 0.478. The van der Waals surface area contributed by atoms with Crippen molar-refractivity contribution in [3.05, 3.63) is 72.8 Å². The highest BCUT2D eigenvalue weighted by Crippen LogP contribution is 2.15. The fourth-order valence-electron chi connectivity index (χ4n) is 2.67. The second-order valence-corrected chi connectivity index (χ2v) is 13.4. The third-order valence-corrected chi connectivity index (χ3v) is 9.29. The zero-order valence-electron chi connectivity index (χ0n) is 15.3. The second-order valence-electron chi connectivity index (χ2n) is 6.74. The van der Waals surface area contributed by atoms with Crippen LogP contribution in [0.1, 0.15) is 0 Å². The normalized spacial score (nSPS) is 12.4. The molecule has 0 bridgehead atoms. The first-order valence-electron chi connectivity index (χ1n) is 8.57. The van der Waals surface area contributed by atoms with Gasteiger partial charge in [0.2, 0.25) is 10.0 Å². The van der Waals surface area contributed by atoms with Gasteiger partial charge >= 0.3 is 0 Å². The van der Waals surface area contributed by atoms with Gasteiger partial charge in [-0.05, 0) is 18.2 Å². The van der Waals surface area contributed by atoms with Gasteiger partial charge in [0.15, 0.2) is 0 Å². The van der Waals surface area contributed by atoms with Gasteiger partial charge in [-0.1, -0.05) is 84.9 Å². The zero-order valence-corrected chi connectivity index (χ0v) is 17.1. The molecular formula is C21H25NO2SSi. The van der Waals surface area contributed by atoms with E-state index in [0.29, 0.717) is 0 Å². The molecule has 0 radical (unpaired) electrons. The highest BCUT2D eigenvalue weighted by atomic mass is 32.2. The third kappa shape index (κ3) is 5.18. The summed E-state index contributed by atoms with van der Waals surface area (Å²) >= 11 is 0. The minimum absolute atomic E-state index is 0.0566. The summed E-state index contributed by atoms with van der Waals surface area (Å²) < 4.78 is 26.8. The van der Waals surface area contributed by atoms with Gasteiger partial charge in [-0.2, -0.15) is 4.31 Å². The zero-order chi connectivity index (χ0) is 19.0. The van der Waals surface area contributed by atoms with Gasteiger partial charge < -0.3 is 0 Å². The molecular weight excluding hydrogens is 358 g/mol. The van der Waals surface area contributed by atoms with E-state index in [1.165, 1.54) is 9.49 Å². The van der Waals surface area contributed by atoms with Crippen LogP contribution in [0.5, 0.6) is 0 Å². The molecule has 0 unspecified atom stereocenters. The summed E-state index contributed by atoms with van der Waals surface area (Å²) in [5.41, 5.74) is 0. The highest BCUT2D eigenvalue weighted by Gasteiger charge is 2.23. The molecule has 0 saturated carbocycles. The summed E-state index contributed by atoms with van der Waals surface area (Å²) in [5.74, 6) is 2.45. The molecule has 0 aliphatic carbocycles. The van der Waals surface area contributed by atoms with Crippen molar-refractivity contribution in [3.8, 4) is 12.3 Å². The van der Waals surface area contributed by atoms with E-state index in [4.69, 9.17) is 6.42 Å². The van der Waals surface area contributed by atoms with Crippen LogP contribution in [-0.2, 0) is 10.0 Å². The maximum Gasteiger partial charge on any atom is 0.244 e. The van der Waals surface area contributed by atoms with Crippen LogP contribution < -0.4 is 5.19 Å². The van der Waals surface area contributed by atoms with Gasteiger partial charge in [0.05, 0.1) is 19.5 Å². The number of hydrogen-bond acceptors (Lipinski definition) is 2. The van der Waals surface area contributed by atoms with Crippen molar-refractivity contribution >= 4 is 23.3 Å². The summed E-state index contributed by atoms with van der Waals surface area (Å²) in [4.78, 5) is 0.266. The molecule has 0 fully saturated rings. The van der Waals surface area contributed by atoms with Crippen molar-refractivity contribution in [3.63, 3.8) is 0 Å². The minimum Gasteiger partial charge on any atom is -0.207 e. The lowest BCUT2D eigenvalue weighted by atomic mass is 10.4. The Balaban J connectivity index is 2.07. The van der Waals surface area contributed by atoms with E-state index in [9.17, 15) is 8.42 Å². The fourth-order valence-corrected chi connectivity index (χ4v) is 6.08. The molecule has 0 N–H and O–H groups in total. The third-order valence-electron chi connectivity index (χ3n) is 4.31. The lowest BCUT2D eigenvalue weighted by Gasteiger charge is -2.21. The first-order valence-corrected chi connectivity index (χ1v) is 13.2. The molecule has 0 saturated heterocycles. The molecule has 0 spiro atoms. The first kappa shape index (κ1) is 20.2. The molecule has 0 amide bonds. The molecule has 0 aliphatic heterocycles. The SMILES string of the molecule is C#CCN(C/C=C/C[Si](C)(C)c1ccccc1)S(=O)(=O)c1ccccc1. The Bertz CT molecular complexity index is 869. The molecule has 2 aromatic rings. The molecule has 0 atom stereocenters. The summed E-state index contributed by atoms with van der Waals surface area (Å²) in [7, 11) is -5.16. The van der Waals surface area contributed by atoms with Crippen LogP contribution in [0.4, 0.5) is 0 Å². The van der Waals surface area contributed by atoms with Gasteiger partial charge in [-0.15, -0.1) is 6.42 Å². The molecule has 2 aromatic carbocycles. The van der Waals surface area contributed by atoms with Crippen LogP contribution in [0, 0.1) is 12.3 Å². The van der Waals surface area contributed by atoms with Gasteiger partial charge in [0.25, 0.3) is 0 Å². The molecule has 136 valence electrons. The Kier molecular flexibility index (Phi) is 6.98. The monoisotopic (exact) mass is 383 g/mol. The number of terminal acetylenes is 1. The highest BCUT2D eigenvalue weighted by molar-refractivity contribution is 7.89. The van der Waals surface area contributed by atoms with E-state index in [1.807, 2.05) is 12.1 Å². The van der Waals surface area contributed by atoms with E-state index >= 15 is 0 Å². The average molecular weight is 384 g/mol. The second kappa shape index (κ2) is 8.99. The van der Waals surface area contributed by atoms with Crippen molar-refractivity contribution in [2.45, 2.75) is 24.0 Å². The van der Waals surface area contributed by atoms with E-state index < -0.39 is 18.1 Å². The van der Waals surface area contributed by atoms with E-state index in [1.54, 1.807) is 30.3 Å². The maximum absolute atomic E-state index is 12.7. The number of sulfonamides is 1. The van der Waals surface area contributed by atoms with Crippen molar-refractivity contribution in [1.29, 1.82) is 0 Å². The van der Waals surface area contributed by atoms with Gasteiger partial charge in [-0.25, -0.2) is 8.42 Å². The fraction of sp³-hybridized carbons (Fsp3) is 0.238. The lowest BCUT2D eigenvalue weighted by Crippen LogP contribution is -2.40. The van der Waals surface area contributed by atoms with E-state index in [-0.39, 0.29) is 18.0 Å². The van der Waals surface area contributed by atoms with Gasteiger partial charge in [-0.3, -0.25) is 0 Å². The van der Waals surface area contributed by atoms with Crippen LogP contribution in [0.2, 0.25) is 19.1 Å². The molecule has 5 heteroatoms. The van der Waals surface area contributed by atoms with E-state index in [2.05, 4.69) is 49.4 Å². The van der Waals surface area contributed by atoms with Gasteiger partial charge in [0.1, 0.15) is 0 Å². The first-order chi connectivity index (χ1) is 12.4. The van der Waals surface area contributed by atoms with E-state index in [0.717, 1.165) is 6.04 Å². The van der Waals surface area contributed by atoms with Crippen LogP contribution in [0.3, 0.4) is 0 Å². The predicted octanol–water partition coefficient (Wildman–Crippen LogP) is 3.48. The number of rotatable bonds is 8.